The average molecular weight is 2270 g/mol. The molecule has 0 aliphatic rings. The van der Waals surface area contributed by atoms with E-state index in [2.05, 4.69) is 57.8 Å². The molecule has 2 heterocycles. The molecule has 0 unspecified atom stereocenters. The summed E-state index contributed by atoms with van der Waals surface area (Å²) in [5.41, 5.74) is 3.48. The Hall–Kier alpha value is -5.48. The third kappa shape index (κ3) is 92.0. The lowest BCUT2D eigenvalue weighted by Crippen LogP contribution is -2.43. The summed E-state index contributed by atoms with van der Waals surface area (Å²) in [6.07, 6.45) is 11.6. The zero-order valence-corrected chi connectivity index (χ0v) is 92.8. The van der Waals surface area contributed by atoms with Gasteiger partial charge >= 0.3 is 17.9 Å². The molecule has 0 spiro atoms. The first-order chi connectivity index (χ1) is 66.6. The van der Waals surface area contributed by atoms with Crippen molar-refractivity contribution in [1.29, 1.82) is 0 Å². The molecule has 0 aliphatic heterocycles. The van der Waals surface area contributed by atoms with Crippen LogP contribution in [0.25, 0.3) is 21.8 Å². The van der Waals surface area contributed by atoms with Gasteiger partial charge in [0.1, 0.15) is 18.1 Å². The summed E-state index contributed by atoms with van der Waals surface area (Å²) in [4.78, 5) is 39.4. The first-order valence-corrected chi connectivity index (χ1v) is 61.7. The van der Waals surface area contributed by atoms with Gasteiger partial charge in [-0.25, -0.2) is 0 Å². The van der Waals surface area contributed by atoms with Gasteiger partial charge in [-0.2, -0.15) is 75.8 Å². The Kier molecular flexibility index (Phi) is 80.2. The number of aliphatic hydroxyl groups is 6. The zero-order valence-electron chi connectivity index (χ0n) is 85.4. The number of carboxylic acid groups (broad SMARTS) is 3. The van der Waals surface area contributed by atoms with E-state index in [0.29, 0.717) is 96.1 Å². The van der Waals surface area contributed by atoms with E-state index in [1.165, 1.54) is 0 Å². The minimum Gasteiger partial charge on any atom is -0.480 e. The minimum atomic E-state index is -4.01. The number of aliphatic hydroxyl groups excluding tert-OH is 6. The van der Waals surface area contributed by atoms with Gasteiger partial charge in [-0.05, 0) is 182 Å². The number of H-pyrrole nitrogens is 2. The molecule has 0 saturated heterocycles. The van der Waals surface area contributed by atoms with Crippen LogP contribution in [0.3, 0.4) is 0 Å². The Morgan fingerprint density at radius 1 is 0.297 bits per heavy atom. The van der Waals surface area contributed by atoms with Gasteiger partial charge in [0.25, 0.3) is 91.1 Å². The molecule has 9 atom stereocenters. The predicted molar refractivity (Wildman–Crippen MR) is 558 cm³/mol. The lowest BCUT2D eigenvalue weighted by Gasteiger charge is -2.30. The van der Waals surface area contributed by atoms with Crippen molar-refractivity contribution in [3.8, 4) is 0 Å². The summed E-state index contributed by atoms with van der Waals surface area (Å²) in [5, 5.41) is 110. The van der Waals surface area contributed by atoms with Crippen LogP contribution in [0.15, 0.2) is 60.9 Å². The monoisotopic (exact) mass is 2270 g/mol. The van der Waals surface area contributed by atoms with Crippen molar-refractivity contribution in [3.05, 3.63) is 72.1 Å². The third-order valence-corrected chi connectivity index (χ3v) is 27.9. The SMILES string of the molecule is CC(C)(C)[C@@H](CO)NCCCS(=O)(=O)O.CC(C)(C)[C@H](CO)NCCCS(=O)(=O)O.CC(C)[C@@H](CO)NCCCS(=O)(=O)O.CC(C)[C@H](CO)NCCCS(=O)(=O)O.CCC[C@@H](CO)NCCCS(=O)(=O)O.CCC[C@@H](NCCCS(=O)(=O)O)C(=O)O.CCC[C@H](CO)NCCCS(=O)(=O)O.O=C(O)[C@@H](Cc1c[nH]c2ccccc12)NCCCS(=O)(=O)O.O=C(O)[C@H](Cc1c[nH]c2ccccc12)NCCCS(=O)(=O)O. The third-order valence-electron chi connectivity index (χ3n) is 20.7. The number of nitrogens with one attached hydrogen (secondary N) is 11. The molecule has 59 heteroatoms. The standard InChI is InChI=1S/2C14H18N2O5S.2C9H21NO4S.C8H17NO5S.4C8H19NO4S/c2*17-14(18)13(15-6-3-7-22(19,20)21)8-10-9-16-12-5-2-1-4-11(10)12;2*1-9(2,3)8(7-11)10-5-4-6-15(12,13)14;1-2-4-7(8(10)11)9-5-3-6-15(12,13)14;2*1-7(2)8(6-10)9-4-3-5-14(11,12)13;2*1-2-4-8(7-10)9-5-3-6-14(11,12)13/h2*1-2,4-5,9,13,15-16H,3,6-8H2,(H,17,18)(H,19,20,21);2*8,10-11H,4-7H2,1-3H3,(H,12,13,14);7,9H,2-6H2,1H3,(H,10,11)(H,12,13,14);2*7-10H,3-6H2,1-2H3,(H,11,12,13);2*8-10H,2-7H2,1H3,(H,11,12,13)/t2*13-;2*8-;7-;4*8-/m101011010/s1. The highest BCUT2D eigenvalue weighted by molar-refractivity contribution is 7.87. The van der Waals surface area contributed by atoms with Crippen molar-refractivity contribution in [2.75, 3.05) is 150 Å². The van der Waals surface area contributed by atoms with Gasteiger partial charge in [-0.3, -0.25) is 55.4 Å². The quantitative estimate of drug-likeness (QED) is 0.0223. The molecule has 50 nitrogen and oxygen atoms in total. The van der Waals surface area contributed by atoms with Gasteiger partial charge < -0.3 is 104 Å². The molecule has 29 N–H and O–H groups in total. The normalized spacial score (nSPS) is 14.2. The number of fused-ring (bicyclic) bond motifs is 2. The molecule has 145 heavy (non-hydrogen) atoms. The molecule has 4 rings (SSSR count). The number of para-hydroxylation sites is 2. The number of aromatic nitrogens is 2. The molecule has 0 bridgehead atoms. The van der Waals surface area contributed by atoms with E-state index in [9.17, 15) is 100 Å². The zero-order chi connectivity index (χ0) is 113. The van der Waals surface area contributed by atoms with E-state index < -0.39 is 127 Å². The van der Waals surface area contributed by atoms with Gasteiger partial charge in [0.15, 0.2) is 0 Å². The summed E-state index contributed by atoms with van der Waals surface area (Å²) in [6.45, 7) is 29.4. The minimum absolute atomic E-state index is 0.00930. The van der Waals surface area contributed by atoms with Crippen LogP contribution < -0.4 is 47.9 Å². The molecule has 0 saturated carbocycles. The molecule has 0 aliphatic carbocycles. The van der Waals surface area contributed by atoms with E-state index in [4.69, 9.17) is 76.7 Å². The number of hydrogen-bond donors (Lipinski definition) is 29. The summed E-state index contributed by atoms with van der Waals surface area (Å²) < 4.78 is 264. The predicted octanol–water partition coefficient (Wildman–Crippen LogP) is 2.46. The number of carbonyl (C=O) groups is 3. The molecule has 0 radical (unpaired) electrons. The highest BCUT2D eigenvalue weighted by atomic mass is 32.3. The molecule has 4 aromatic rings. The second-order valence-electron chi connectivity index (χ2n) is 36.5. The molecule has 0 fully saturated rings. The molecular formula is C86H171N11O39S9. The fraction of sp³-hybridized carbons (Fsp3) is 0.779. The summed E-state index contributed by atoms with van der Waals surface area (Å²) in [5.74, 6) is -4.92. The Morgan fingerprint density at radius 3 is 0.703 bits per heavy atom. The second-order valence-corrected chi connectivity index (χ2v) is 50.7. The van der Waals surface area contributed by atoms with Crippen molar-refractivity contribution < 1.29 is 177 Å². The van der Waals surface area contributed by atoms with Crippen LogP contribution in [0.4, 0.5) is 0 Å². The van der Waals surface area contributed by atoms with Crippen molar-refractivity contribution in [1.82, 2.24) is 57.8 Å². The number of benzene rings is 2. The Bertz CT molecular complexity index is 4920. The lowest BCUT2D eigenvalue weighted by molar-refractivity contribution is -0.140. The molecular weight excluding hydrogens is 2100 g/mol. The number of rotatable bonds is 66. The maximum absolute atomic E-state index is 11.3. The van der Waals surface area contributed by atoms with E-state index >= 15 is 0 Å². The highest BCUT2D eigenvalue weighted by Gasteiger charge is 2.27. The second kappa shape index (κ2) is 78.6. The summed E-state index contributed by atoms with van der Waals surface area (Å²) in [6, 6.07) is 12.8. The van der Waals surface area contributed by atoms with Crippen molar-refractivity contribution in [2.45, 2.75) is 254 Å². The Balaban J connectivity index is -0.000000511. The van der Waals surface area contributed by atoms with Crippen LogP contribution in [-0.2, 0) is 118 Å². The molecule has 0 amide bonds. The van der Waals surface area contributed by atoms with E-state index in [1.807, 2.05) is 139 Å². The van der Waals surface area contributed by atoms with Gasteiger partial charge in [-0.1, -0.05) is 146 Å². The van der Waals surface area contributed by atoms with Crippen LogP contribution in [0.2, 0.25) is 0 Å². The van der Waals surface area contributed by atoms with E-state index in [0.717, 1.165) is 65.0 Å². The Morgan fingerprint density at radius 2 is 0.510 bits per heavy atom. The highest BCUT2D eigenvalue weighted by Crippen LogP contribution is 2.23. The summed E-state index contributed by atoms with van der Waals surface area (Å²) in [7, 11) is -35.1. The maximum atomic E-state index is 11.3. The molecule has 858 valence electrons. The number of hydrogen-bond acceptors (Lipinski definition) is 36. The van der Waals surface area contributed by atoms with Gasteiger partial charge in [-0.15, -0.1) is 0 Å². The smallest absolute Gasteiger partial charge is 0.321 e. The number of aliphatic carboxylic acids is 3. The lowest BCUT2D eigenvalue weighted by atomic mass is 9.87. The Labute approximate surface area is 858 Å². The van der Waals surface area contributed by atoms with Crippen molar-refractivity contribution >= 4 is 131 Å². The molecule has 2 aromatic carbocycles. The molecule has 2 aromatic heterocycles. The van der Waals surface area contributed by atoms with E-state index in [-0.39, 0.29) is 190 Å². The van der Waals surface area contributed by atoms with Crippen LogP contribution in [0, 0.1) is 22.7 Å². The average Bonchev–Trinajstić information content (AvgIpc) is 1.69. The fourth-order valence-corrected chi connectivity index (χ4v) is 17.1. The van der Waals surface area contributed by atoms with Gasteiger partial charge in [0, 0.05) is 83.3 Å². The van der Waals surface area contributed by atoms with Crippen molar-refractivity contribution in [2.24, 2.45) is 22.7 Å². The number of carboxylic acids is 3. The van der Waals surface area contributed by atoms with Crippen LogP contribution in [0.1, 0.15) is 197 Å². The first-order valence-electron chi connectivity index (χ1n) is 47.2. The maximum Gasteiger partial charge on any atom is 0.321 e. The summed E-state index contributed by atoms with van der Waals surface area (Å²) >= 11 is 0. The van der Waals surface area contributed by atoms with E-state index in [1.54, 1.807) is 12.4 Å². The largest absolute Gasteiger partial charge is 0.480 e. The number of aromatic amines is 2. The van der Waals surface area contributed by atoms with Crippen LogP contribution >= 0.6 is 0 Å². The fourth-order valence-electron chi connectivity index (χ4n) is 12.5. The first kappa shape index (κ1) is 148. The van der Waals surface area contributed by atoms with Gasteiger partial charge in [0.2, 0.25) is 0 Å². The van der Waals surface area contributed by atoms with Gasteiger partial charge in [0.05, 0.1) is 91.4 Å². The van der Waals surface area contributed by atoms with Crippen LogP contribution in [0.5, 0.6) is 0 Å². The topological polar surface area (TPSA) is 862 Å². The van der Waals surface area contributed by atoms with Crippen molar-refractivity contribution in [3.63, 3.8) is 0 Å². The van der Waals surface area contributed by atoms with Crippen LogP contribution in [-0.4, -0.2) is 395 Å².